The van der Waals surface area contributed by atoms with Crippen molar-refractivity contribution in [2.45, 2.75) is 6.42 Å². The number of rotatable bonds is 3. The zero-order chi connectivity index (χ0) is 11.4. The first kappa shape index (κ1) is 11.4. The van der Waals surface area contributed by atoms with Gasteiger partial charge in [0.1, 0.15) is 6.67 Å². The molecule has 0 unspecified atom stereocenters. The maximum atomic E-state index is 5.94. The molecule has 1 aromatic heterocycles. The summed E-state index contributed by atoms with van der Waals surface area (Å²) < 4.78 is 0. The Hall–Kier alpha value is -1.13. The van der Waals surface area contributed by atoms with Gasteiger partial charge in [0.15, 0.2) is 0 Å². The number of pyridine rings is 1. The van der Waals surface area contributed by atoms with Crippen LogP contribution in [0.25, 0.3) is 0 Å². The van der Waals surface area contributed by atoms with Gasteiger partial charge in [-0.2, -0.15) is 4.99 Å². The van der Waals surface area contributed by atoms with E-state index in [0.717, 1.165) is 18.5 Å². The van der Waals surface area contributed by atoms with Crippen molar-refractivity contribution in [3.05, 3.63) is 30.1 Å². The van der Waals surface area contributed by atoms with Crippen LogP contribution in [0.5, 0.6) is 0 Å². The Morgan fingerprint density at radius 1 is 1.38 bits per heavy atom. The van der Waals surface area contributed by atoms with Gasteiger partial charge in [0, 0.05) is 18.9 Å². The summed E-state index contributed by atoms with van der Waals surface area (Å²) in [7, 11) is 0. The first-order chi connectivity index (χ1) is 7.75. The molecule has 0 bridgehead atoms. The van der Waals surface area contributed by atoms with Crippen molar-refractivity contribution in [1.29, 1.82) is 0 Å². The molecule has 0 aromatic carbocycles. The van der Waals surface area contributed by atoms with Crippen molar-refractivity contribution in [2.75, 3.05) is 13.2 Å². The predicted octanol–water partition coefficient (Wildman–Crippen LogP) is 2.09. The van der Waals surface area contributed by atoms with Gasteiger partial charge in [0.25, 0.3) is 0 Å². The smallest absolute Gasteiger partial charge is 0.222 e. The van der Waals surface area contributed by atoms with Crippen LogP contribution < -0.4 is 0 Å². The molecule has 0 spiro atoms. The minimum absolute atomic E-state index is 0.211. The van der Waals surface area contributed by atoms with E-state index in [1.807, 2.05) is 23.2 Å². The molecule has 1 aliphatic heterocycles. The van der Waals surface area contributed by atoms with Gasteiger partial charge in [-0.3, -0.25) is 4.98 Å². The molecule has 0 radical (unpaired) electrons. The lowest BCUT2D eigenvalue weighted by Gasteiger charge is -2.22. The van der Waals surface area contributed by atoms with E-state index in [1.165, 1.54) is 0 Å². The van der Waals surface area contributed by atoms with E-state index in [9.17, 15) is 0 Å². The highest BCUT2D eigenvalue weighted by Gasteiger charge is 2.13. The van der Waals surface area contributed by atoms with E-state index in [-0.39, 0.29) is 5.29 Å². The fourth-order valence-corrected chi connectivity index (χ4v) is 1.75. The van der Waals surface area contributed by atoms with Crippen LogP contribution >= 0.6 is 23.2 Å². The lowest BCUT2D eigenvalue weighted by molar-refractivity contribution is 0.439. The molecule has 0 aliphatic carbocycles. The third-order valence-corrected chi connectivity index (χ3v) is 2.74. The second-order valence-electron chi connectivity index (χ2n) is 3.32. The topological polar surface area (TPSA) is 40.9 Å². The fourth-order valence-electron chi connectivity index (χ4n) is 1.36. The molecule has 4 nitrogen and oxygen atoms in total. The molecule has 6 heteroatoms. The van der Waals surface area contributed by atoms with Crippen LogP contribution in [0.4, 0.5) is 0 Å². The summed E-state index contributed by atoms with van der Waals surface area (Å²) in [5.74, 6) is 0. The number of nitrogens with zero attached hydrogens (tertiary/aromatic N) is 4. The molecule has 0 atom stereocenters. The number of halogens is 2. The second-order valence-corrected chi connectivity index (χ2v) is 4.00. The number of hydrogen-bond donors (Lipinski definition) is 0. The van der Waals surface area contributed by atoms with Crippen LogP contribution in [-0.4, -0.2) is 33.7 Å². The molecule has 2 heterocycles. The van der Waals surface area contributed by atoms with Gasteiger partial charge < -0.3 is 4.90 Å². The molecule has 0 amide bonds. The molecular formula is C10H10Cl2N4. The van der Waals surface area contributed by atoms with Gasteiger partial charge in [-0.05, 0) is 41.3 Å². The fraction of sp³-hybridized carbons (Fsp3) is 0.300. The minimum Gasteiger partial charge on any atom is -0.327 e. The summed E-state index contributed by atoms with van der Waals surface area (Å²) in [6.45, 7) is 1.21. The SMILES string of the molecule is ClC1=NCN(CCc2cccnc2)C(Cl)=N1. The molecule has 0 N–H and O–H groups in total. The maximum Gasteiger partial charge on any atom is 0.222 e. The standard InChI is InChI=1S/C10H10Cl2N4/c11-9-14-7-16(10(12)15-9)5-3-8-2-1-4-13-6-8/h1-2,4,6H,3,5,7H2. The van der Waals surface area contributed by atoms with Crippen molar-refractivity contribution in [2.24, 2.45) is 9.98 Å². The highest BCUT2D eigenvalue weighted by molar-refractivity contribution is 6.71. The van der Waals surface area contributed by atoms with Crippen LogP contribution in [0, 0.1) is 0 Å². The summed E-state index contributed by atoms with van der Waals surface area (Å²) >= 11 is 11.6. The molecule has 1 aromatic rings. The Balaban J connectivity index is 1.91. The lowest BCUT2D eigenvalue weighted by Crippen LogP contribution is -2.32. The third kappa shape index (κ3) is 2.93. The molecule has 1 aliphatic rings. The van der Waals surface area contributed by atoms with Crippen LogP contribution in [0.3, 0.4) is 0 Å². The molecular weight excluding hydrogens is 247 g/mol. The Bertz CT molecular complexity index is 416. The zero-order valence-corrected chi connectivity index (χ0v) is 9.99. The second kappa shape index (κ2) is 5.27. The Labute approximate surface area is 104 Å². The molecule has 0 saturated heterocycles. The quantitative estimate of drug-likeness (QED) is 0.778. The van der Waals surface area contributed by atoms with E-state index in [2.05, 4.69) is 15.0 Å². The summed E-state index contributed by atoms with van der Waals surface area (Å²) in [5, 5.41) is 0.603. The largest absolute Gasteiger partial charge is 0.327 e. The average molecular weight is 257 g/mol. The number of amidine groups is 2. The van der Waals surface area contributed by atoms with Crippen molar-refractivity contribution in [3.63, 3.8) is 0 Å². The van der Waals surface area contributed by atoms with Crippen molar-refractivity contribution >= 4 is 33.8 Å². The summed E-state index contributed by atoms with van der Waals surface area (Å²) in [6.07, 6.45) is 4.45. The van der Waals surface area contributed by atoms with Crippen molar-refractivity contribution < 1.29 is 0 Å². The highest BCUT2D eigenvalue weighted by atomic mass is 35.5. The van der Waals surface area contributed by atoms with Gasteiger partial charge in [-0.25, -0.2) is 4.99 Å². The van der Waals surface area contributed by atoms with Crippen molar-refractivity contribution in [1.82, 2.24) is 9.88 Å². The van der Waals surface area contributed by atoms with Crippen LogP contribution in [-0.2, 0) is 6.42 Å². The van der Waals surface area contributed by atoms with Gasteiger partial charge >= 0.3 is 0 Å². The van der Waals surface area contributed by atoms with Crippen LogP contribution in [0.1, 0.15) is 5.56 Å². The monoisotopic (exact) mass is 256 g/mol. The van der Waals surface area contributed by atoms with Gasteiger partial charge in [0.05, 0.1) is 0 Å². The molecule has 0 fully saturated rings. The van der Waals surface area contributed by atoms with Crippen molar-refractivity contribution in [3.8, 4) is 0 Å². The Morgan fingerprint density at radius 2 is 2.25 bits per heavy atom. The van der Waals surface area contributed by atoms with Crippen LogP contribution in [0.2, 0.25) is 0 Å². The van der Waals surface area contributed by atoms with E-state index in [4.69, 9.17) is 23.2 Å². The first-order valence-corrected chi connectivity index (χ1v) is 5.59. The molecule has 2 rings (SSSR count). The van der Waals surface area contributed by atoms with E-state index in [1.54, 1.807) is 6.20 Å². The Kier molecular flexibility index (Phi) is 3.74. The lowest BCUT2D eigenvalue weighted by atomic mass is 10.2. The van der Waals surface area contributed by atoms with Gasteiger partial charge in [-0.1, -0.05) is 6.07 Å². The van der Waals surface area contributed by atoms with E-state index >= 15 is 0 Å². The van der Waals surface area contributed by atoms with Gasteiger partial charge in [0.2, 0.25) is 10.6 Å². The molecule has 84 valence electrons. The maximum absolute atomic E-state index is 5.94. The first-order valence-electron chi connectivity index (χ1n) is 4.84. The normalized spacial score (nSPS) is 15.8. The molecule has 0 saturated carbocycles. The number of aliphatic imine (C=N–C) groups is 2. The average Bonchev–Trinajstić information content (AvgIpc) is 2.29. The van der Waals surface area contributed by atoms with E-state index < -0.39 is 0 Å². The summed E-state index contributed by atoms with van der Waals surface area (Å²) in [5.41, 5.74) is 1.16. The Morgan fingerprint density at radius 3 is 2.94 bits per heavy atom. The zero-order valence-electron chi connectivity index (χ0n) is 8.48. The molecule has 16 heavy (non-hydrogen) atoms. The number of aromatic nitrogens is 1. The van der Waals surface area contributed by atoms with E-state index in [0.29, 0.717) is 12.0 Å². The summed E-state index contributed by atoms with van der Waals surface area (Å²) in [6, 6.07) is 3.94. The van der Waals surface area contributed by atoms with Gasteiger partial charge in [-0.15, -0.1) is 0 Å². The summed E-state index contributed by atoms with van der Waals surface area (Å²) in [4.78, 5) is 13.8. The van der Waals surface area contributed by atoms with Crippen LogP contribution in [0.15, 0.2) is 34.5 Å². The third-order valence-electron chi connectivity index (χ3n) is 2.21. The number of hydrogen-bond acceptors (Lipinski definition) is 4. The predicted molar refractivity (Wildman–Crippen MR) is 66.1 cm³/mol. The minimum atomic E-state index is 0.211. The highest BCUT2D eigenvalue weighted by Crippen LogP contribution is 2.08.